The zero-order valence-corrected chi connectivity index (χ0v) is 12.5. The van der Waals surface area contributed by atoms with E-state index in [1.54, 1.807) is 18.2 Å². The number of nitrogens with one attached hydrogen (secondary N) is 1. The van der Waals surface area contributed by atoms with E-state index < -0.39 is 0 Å². The molecule has 20 heavy (non-hydrogen) atoms. The topological polar surface area (TPSA) is 76.0 Å². The number of carbonyl (C=O) groups excluding carboxylic acids is 1. The molecule has 0 radical (unpaired) electrons. The van der Waals surface area contributed by atoms with Crippen LogP contribution in [0.25, 0.3) is 6.08 Å². The Morgan fingerprint density at radius 3 is 2.55 bits per heavy atom. The maximum absolute atomic E-state index is 11.6. The van der Waals surface area contributed by atoms with Crippen molar-refractivity contribution in [2.75, 3.05) is 24.2 Å². The smallest absolute Gasteiger partial charge is 0.263 e. The van der Waals surface area contributed by atoms with Gasteiger partial charge in [-0.15, -0.1) is 5.23 Å². The molecule has 2 rings (SSSR count). The quantitative estimate of drug-likeness (QED) is 0.446. The van der Waals surface area contributed by atoms with Gasteiger partial charge in [0.15, 0.2) is 0 Å². The molecule has 3 N–H and O–H groups in total. The van der Waals surface area contributed by atoms with Crippen molar-refractivity contribution in [2.24, 2.45) is 0 Å². The number of rotatable bonds is 3. The molecule has 0 atom stereocenters. The first-order valence-electron chi connectivity index (χ1n) is 5.62. The van der Waals surface area contributed by atoms with Crippen molar-refractivity contribution in [1.82, 2.24) is 5.32 Å². The van der Waals surface area contributed by atoms with E-state index in [0.717, 1.165) is 17.4 Å². The lowest BCUT2D eigenvalue weighted by Crippen LogP contribution is -2.18. The fraction of sp³-hybridized carbons (Fsp3) is 0.167. The molecule has 1 aromatic carbocycles. The molecule has 0 bridgehead atoms. The number of hydrogen-bond donors (Lipinski definition) is 3. The van der Waals surface area contributed by atoms with Gasteiger partial charge in [-0.25, -0.2) is 0 Å². The number of carbonyl (C=O) groups is 1. The molecular formula is C12H13N3O3S2. The van der Waals surface area contributed by atoms with Crippen molar-refractivity contribution in [2.45, 2.75) is 0 Å². The van der Waals surface area contributed by atoms with E-state index in [1.807, 2.05) is 25.1 Å². The van der Waals surface area contributed by atoms with E-state index in [0.29, 0.717) is 14.8 Å². The third kappa shape index (κ3) is 3.10. The fourth-order valence-corrected chi connectivity index (χ4v) is 2.70. The SMILES string of the molecule is CN(C)c1ccc(C=C2SC(=S)NC2=O)c(N(O)O)c1. The molecule has 8 heteroatoms. The van der Waals surface area contributed by atoms with E-state index in [2.05, 4.69) is 5.32 Å². The molecule has 1 aliphatic rings. The maximum atomic E-state index is 11.6. The van der Waals surface area contributed by atoms with Gasteiger partial charge in [0.05, 0.1) is 4.91 Å². The number of hydrogen-bond acceptors (Lipinski definition) is 7. The molecule has 1 fully saturated rings. The van der Waals surface area contributed by atoms with E-state index in [9.17, 15) is 15.2 Å². The highest BCUT2D eigenvalue weighted by Crippen LogP contribution is 2.31. The minimum absolute atomic E-state index is 0.0369. The minimum atomic E-state index is -0.287. The first-order valence-corrected chi connectivity index (χ1v) is 6.85. The minimum Gasteiger partial charge on any atom is -0.378 e. The summed E-state index contributed by atoms with van der Waals surface area (Å²) in [6.45, 7) is 0. The molecule has 1 saturated heterocycles. The Morgan fingerprint density at radius 1 is 1.35 bits per heavy atom. The second kappa shape index (κ2) is 5.80. The number of thiocarbonyl (C=S) groups is 1. The van der Waals surface area contributed by atoms with Gasteiger partial charge in [0.2, 0.25) is 0 Å². The first kappa shape index (κ1) is 14.8. The van der Waals surface area contributed by atoms with Crippen LogP contribution in [0.15, 0.2) is 23.1 Å². The van der Waals surface area contributed by atoms with Gasteiger partial charge in [-0.1, -0.05) is 30.0 Å². The molecule has 106 valence electrons. The van der Waals surface area contributed by atoms with Crippen LogP contribution in [0.3, 0.4) is 0 Å². The largest absolute Gasteiger partial charge is 0.378 e. The van der Waals surface area contributed by atoms with Crippen LogP contribution in [-0.2, 0) is 4.79 Å². The van der Waals surface area contributed by atoms with Gasteiger partial charge in [-0.05, 0) is 18.2 Å². The maximum Gasteiger partial charge on any atom is 0.263 e. The number of anilines is 2. The van der Waals surface area contributed by atoms with E-state index in [1.165, 1.54) is 0 Å². The standard InChI is InChI=1S/C12H13N3O3S2/c1-14(2)8-4-3-7(9(6-8)15(17)18)5-10-11(16)13-12(19)20-10/h3-6,17-18H,1-2H3,(H,13,16,19). The predicted octanol–water partition coefficient (Wildman–Crippen LogP) is 1.83. The fourth-order valence-electron chi connectivity index (χ4n) is 1.67. The first-order chi connectivity index (χ1) is 9.38. The molecule has 1 aromatic rings. The second-order valence-corrected chi connectivity index (χ2v) is 6.00. The monoisotopic (exact) mass is 311 g/mol. The highest BCUT2D eigenvalue weighted by molar-refractivity contribution is 8.26. The molecule has 0 unspecified atom stereocenters. The van der Waals surface area contributed by atoms with Crippen LogP contribution < -0.4 is 15.4 Å². The Labute approximate surface area is 125 Å². The zero-order valence-electron chi connectivity index (χ0n) is 10.8. The summed E-state index contributed by atoms with van der Waals surface area (Å²) in [6, 6.07) is 5.11. The highest BCUT2D eigenvalue weighted by atomic mass is 32.2. The molecular weight excluding hydrogens is 298 g/mol. The Balaban J connectivity index is 2.44. The van der Waals surface area contributed by atoms with E-state index in [-0.39, 0.29) is 16.8 Å². The number of benzene rings is 1. The van der Waals surface area contributed by atoms with Gasteiger partial charge in [0.25, 0.3) is 5.91 Å². The van der Waals surface area contributed by atoms with Crippen LogP contribution in [0.2, 0.25) is 0 Å². The average molecular weight is 311 g/mol. The molecule has 6 nitrogen and oxygen atoms in total. The van der Waals surface area contributed by atoms with Gasteiger partial charge < -0.3 is 10.2 Å². The summed E-state index contributed by atoms with van der Waals surface area (Å²) in [5, 5.41) is 21.2. The summed E-state index contributed by atoms with van der Waals surface area (Å²) in [4.78, 5) is 13.9. The Hall–Kier alpha value is -1.61. The summed E-state index contributed by atoms with van der Waals surface area (Å²) in [5.41, 5.74) is 1.48. The van der Waals surface area contributed by atoms with Gasteiger partial charge in [-0.3, -0.25) is 15.2 Å². The van der Waals surface area contributed by atoms with Gasteiger partial charge >= 0.3 is 0 Å². The zero-order chi connectivity index (χ0) is 14.9. The molecule has 1 heterocycles. The predicted molar refractivity (Wildman–Crippen MR) is 83.1 cm³/mol. The molecule has 0 spiro atoms. The van der Waals surface area contributed by atoms with Crippen LogP contribution in [-0.4, -0.2) is 34.7 Å². The van der Waals surface area contributed by atoms with Gasteiger partial charge in [0, 0.05) is 25.3 Å². The van der Waals surface area contributed by atoms with E-state index in [4.69, 9.17) is 12.2 Å². The van der Waals surface area contributed by atoms with Gasteiger partial charge in [0.1, 0.15) is 10.0 Å². The van der Waals surface area contributed by atoms with Crippen LogP contribution in [0.4, 0.5) is 11.4 Å². The molecule has 0 saturated carbocycles. The summed E-state index contributed by atoms with van der Waals surface area (Å²) in [6.07, 6.45) is 1.56. The number of thioether (sulfide) groups is 1. The van der Waals surface area contributed by atoms with Crippen molar-refractivity contribution in [3.63, 3.8) is 0 Å². The third-order valence-corrected chi connectivity index (χ3v) is 3.84. The van der Waals surface area contributed by atoms with E-state index >= 15 is 0 Å². The Kier molecular flexibility index (Phi) is 4.29. The molecule has 0 aliphatic carbocycles. The molecule has 0 aromatic heterocycles. The second-order valence-electron chi connectivity index (χ2n) is 4.28. The summed E-state index contributed by atoms with van der Waals surface area (Å²) in [5.74, 6) is -0.287. The number of nitrogens with zero attached hydrogens (tertiary/aromatic N) is 2. The summed E-state index contributed by atoms with van der Waals surface area (Å²) < 4.78 is 0.387. The lowest BCUT2D eigenvalue weighted by Gasteiger charge is -2.17. The average Bonchev–Trinajstić information content (AvgIpc) is 2.67. The van der Waals surface area contributed by atoms with Crippen molar-refractivity contribution < 1.29 is 15.2 Å². The van der Waals surface area contributed by atoms with Crippen LogP contribution in [0.1, 0.15) is 5.56 Å². The van der Waals surface area contributed by atoms with Gasteiger partial charge in [-0.2, -0.15) is 0 Å². The van der Waals surface area contributed by atoms with Crippen LogP contribution >= 0.6 is 24.0 Å². The van der Waals surface area contributed by atoms with Crippen molar-refractivity contribution in [3.05, 3.63) is 28.7 Å². The third-order valence-electron chi connectivity index (χ3n) is 2.67. The summed E-state index contributed by atoms with van der Waals surface area (Å²) >= 11 is 6.04. The molecule has 1 aliphatic heterocycles. The summed E-state index contributed by atoms with van der Waals surface area (Å²) in [7, 11) is 3.68. The van der Waals surface area contributed by atoms with Crippen LogP contribution in [0.5, 0.6) is 0 Å². The number of amides is 1. The highest BCUT2D eigenvalue weighted by Gasteiger charge is 2.22. The Bertz CT molecular complexity index is 600. The molecule has 1 amide bonds. The lowest BCUT2D eigenvalue weighted by atomic mass is 10.1. The van der Waals surface area contributed by atoms with Crippen molar-refractivity contribution >= 4 is 51.7 Å². The lowest BCUT2D eigenvalue weighted by molar-refractivity contribution is -0.115. The van der Waals surface area contributed by atoms with Crippen molar-refractivity contribution in [3.8, 4) is 0 Å². The normalized spacial score (nSPS) is 16.5. The Morgan fingerprint density at radius 2 is 2.05 bits per heavy atom. The van der Waals surface area contributed by atoms with Crippen LogP contribution in [0, 0.1) is 0 Å². The van der Waals surface area contributed by atoms with Crippen molar-refractivity contribution in [1.29, 1.82) is 0 Å².